The maximum atomic E-state index is 12.8. The molecule has 0 heterocycles. The first-order valence-corrected chi connectivity index (χ1v) is 11.0. The van der Waals surface area contributed by atoms with E-state index in [1.165, 1.54) is 0 Å². The number of anilines is 1. The first kappa shape index (κ1) is 22.1. The maximum Gasteiger partial charge on any atom is 0.243 e. The summed E-state index contributed by atoms with van der Waals surface area (Å²) in [7, 11) is 0.279. The molecule has 2 rings (SSSR count). The molecule has 3 N–H and O–H groups in total. The van der Waals surface area contributed by atoms with Crippen LogP contribution in [0.2, 0.25) is 0 Å². The van der Waals surface area contributed by atoms with Gasteiger partial charge in [0, 0.05) is 43.5 Å². The smallest absolute Gasteiger partial charge is 0.243 e. The van der Waals surface area contributed by atoms with Crippen molar-refractivity contribution in [2.24, 2.45) is 0 Å². The van der Waals surface area contributed by atoms with Gasteiger partial charge in [0.2, 0.25) is 15.9 Å². The van der Waals surface area contributed by atoms with Crippen molar-refractivity contribution in [1.82, 2.24) is 10.2 Å². The molecular formula is C20H29N3O4S. The van der Waals surface area contributed by atoms with E-state index in [1.807, 2.05) is 43.3 Å². The third kappa shape index (κ3) is 5.92. The standard InChI is InChI=1S/C20H29N3O4S/c1-23(2)18-12-8-11-17-16(18)10-9-13-19(17)28(26,27)21-15-7-5-3-4-6-14-20(24)22-25/h8-13,21,25H,3-7,14-15H2,1-2H3,(H,22,24). The number of hydrogen-bond acceptors (Lipinski definition) is 5. The lowest BCUT2D eigenvalue weighted by Crippen LogP contribution is -2.25. The van der Waals surface area contributed by atoms with Crippen molar-refractivity contribution in [3.05, 3.63) is 36.4 Å². The normalized spacial score (nSPS) is 11.5. The lowest BCUT2D eigenvalue weighted by Gasteiger charge is -2.17. The first-order valence-electron chi connectivity index (χ1n) is 9.48. The molecule has 0 saturated carbocycles. The Morgan fingerprint density at radius 3 is 2.32 bits per heavy atom. The van der Waals surface area contributed by atoms with Crippen molar-refractivity contribution in [2.75, 3.05) is 25.5 Å². The van der Waals surface area contributed by atoms with E-state index >= 15 is 0 Å². The second-order valence-corrected chi connectivity index (χ2v) is 8.71. The molecular weight excluding hydrogens is 378 g/mol. The average molecular weight is 408 g/mol. The summed E-state index contributed by atoms with van der Waals surface area (Å²) in [6, 6.07) is 11.0. The summed E-state index contributed by atoms with van der Waals surface area (Å²) in [5.41, 5.74) is 2.59. The lowest BCUT2D eigenvalue weighted by atomic mass is 10.1. The molecule has 0 saturated heterocycles. The molecule has 1 amide bonds. The van der Waals surface area contributed by atoms with Crippen LogP contribution < -0.4 is 15.1 Å². The van der Waals surface area contributed by atoms with Crippen LogP contribution in [0.15, 0.2) is 41.3 Å². The zero-order valence-corrected chi connectivity index (χ0v) is 17.3. The monoisotopic (exact) mass is 407 g/mol. The highest BCUT2D eigenvalue weighted by Crippen LogP contribution is 2.30. The van der Waals surface area contributed by atoms with E-state index in [0.717, 1.165) is 36.8 Å². The van der Waals surface area contributed by atoms with Gasteiger partial charge in [0.1, 0.15) is 0 Å². The molecule has 8 heteroatoms. The van der Waals surface area contributed by atoms with Gasteiger partial charge in [-0.2, -0.15) is 0 Å². The number of hydroxylamine groups is 1. The number of nitrogens with one attached hydrogen (secondary N) is 2. The minimum absolute atomic E-state index is 0.295. The molecule has 0 aliphatic rings. The molecule has 0 aliphatic carbocycles. The van der Waals surface area contributed by atoms with Crippen molar-refractivity contribution < 1.29 is 18.4 Å². The predicted molar refractivity (Wildman–Crippen MR) is 111 cm³/mol. The van der Waals surface area contributed by atoms with Crippen molar-refractivity contribution in [2.45, 2.75) is 43.4 Å². The number of nitrogens with zero attached hydrogens (tertiary/aromatic N) is 1. The molecule has 28 heavy (non-hydrogen) atoms. The summed E-state index contributed by atoms with van der Waals surface area (Å²) in [6.07, 6.45) is 4.42. The number of hydrogen-bond donors (Lipinski definition) is 3. The number of carbonyl (C=O) groups excluding carboxylic acids is 1. The predicted octanol–water partition coefficient (Wildman–Crippen LogP) is 3.03. The molecule has 0 aliphatic heterocycles. The Labute approximate surface area is 166 Å². The van der Waals surface area contributed by atoms with Crippen molar-refractivity contribution >= 4 is 32.4 Å². The summed E-state index contributed by atoms with van der Waals surface area (Å²) in [6.45, 7) is 0.378. The second kappa shape index (κ2) is 10.4. The highest BCUT2D eigenvalue weighted by Gasteiger charge is 2.17. The molecule has 0 spiro atoms. The maximum absolute atomic E-state index is 12.8. The fourth-order valence-corrected chi connectivity index (χ4v) is 4.46. The van der Waals surface area contributed by atoms with Crippen LogP contribution in [-0.2, 0) is 14.8 Å². The lowest BCUT2D eigenvalue weighted by molar-refractivity contribution is -0.129. The van der Waals surface area contributed by atoms with Crippen molar-refractivity contribution in [1.29, 1.82) is 0 Å². The Kier molecular flexibility index (Phi) is 8.22. The van der Waals surface area contributed by atoms with Gasteiger partial charge in [-0.3, -0.25) is 10.0 Å². The van der Waals surface area contributed by atoms with Crippen molar-refractivity contribution in [3.8, 4) is 0 Å². The van der Waals surface area contributed by atoms with E-state index < -0.39 is 10.0 Å². The third-order valence-electron chi connectivity index (χ3n) is 4.63. The summed E-state index contributed by atoms with van der Waals surface area (Å²) in [5, 5.41) is 10.0. The Morgan fingerprint density at radius 1 is 0.964 bits per heavy atom. The number of rotatable bonds is 11. The molecule has 2 aromatic carbocycles. The zero-order valence-electron chi connectivity index (χ0n) is 16.4. The van der Waals surface area contributed by atoms with E-state index in [4.69, 9.17) is 5.21 Å². The van der Waals surface area contributed by atoms with Crippen LogP contribution in [0.1, 0.15) is 38.5 Å². The van der Waals surface area contributed by atoms with Gasteiger partial charge in [0.25, 0.3) is 0 Å². The SMILES string of the molecule is CN(C)c1cccc2c(S(=O)(=O)NCCCCCCCC(=O)NO)cccc12. The summed E-state index contributed by atoms with van der Waals surface area (Å²) >= 11 is 0. The van der Waals surface area contributed by atoms with E-state index in [-0.39, 0.29) is 5.91 Å². The largest absolute Gasteiger partial charge is 0.377 e. The van der Waals surface area contributed by atoms with Gasteiger partial charge in [-0.1, -0.05) is 43.5 Å². The van der Waals surface area contributed by atoms with Crippen LogP contribution in [0.3, 0.4) is 0 Å². The van der Waals surface area contributed by atoms with Crippen molar-refractivity contribution in [3.63, 3.8) is 0 Å². The molecule has 0 unspecified atom stereocenters. The van der Waals surface area contributed by atoms with Crippen LogP contribution in [0.25, 0.3) is 10.8 Å². The van der Waals surface area contributed by atoms with E-state index in [2.05, 4.69) is 4.72 Å². The highest BCUT2D eigenvalue weighted by molar-refractivity contribution is 7.89. The minimum Gasteiger partial charge on any atom is -0.377 e. The summed E-state index contributed by atoms with van der Waals surface area (Å²) < 4.78 is 28.3. The van der Waals surface area contributed by atoms with E-state index in [0.29, 0.717) is 29.7 Å². The quantitative estimate of drug-likeness (QED) is 0.302. The summed E-state index contributed by atoms with van der Waals surface area (Å²) in [4.78, 5) is 13.2. The van der Waals surface area contributed by atoms with Gasteiger partial charge < -0.3 is 4.90 Å². The molecule has 0 atom stereocenters. The van der Waals surface area contributed by atoms with Gasteiger partial charge in [-0.05, 0) is 25.0 Å². The van der Waals surface area contributed by atoms with Gasteiger partial charge >= 0.3 is 0 Å². The number of benzene rings is 2. The Morgan fingerprint density at radius 2 is 1.61 bits per heavy atom. The fourth-order valence-electron chi connectivity index (χ4n) is 3.17. The van der Waals surface area contributed by atoms with E-state index in [1.54, 1.807) is 17.6 Å². The van der Waals surface area contributed by atoms with Gasteiger partial charge in [-0.15, -0.1) is 0 Å². The van der Waals surface area contributed by atoms with Crippen LogP contribution in [-0.4, -0.2) is 40.2 Å². The number of carbonyl (C=O) groups is 1. The van der Waals surface area contributed by atoms with E-state index in [9.17, 15) is 13.2 Å². The Bertz CT molecular complexity index is 897. The number of unbranched alkanes of at least 4 members (excludes halogenated alkanes) is 4. The van der Waals surface area contributed by atoms with Gasteiger partial charge in [0.15, 0.2) is 0 Å². The fraction of sp³-hybridized carbons (Fsp3) is 0.450. The van der Waals surface area contributed by atoms with Gasteiger partial charge in [-0.25, -0.2) is 18.6 Å². The van der Waals surface area contributed by atoms with Gasteiger partial charge in [0.05, 0.1) is 4.90 Å². The molecule has 2 aromatic rings. The van der Waals surface area contributed by atoms with Crippen LogP contribution >= 0.6 is 0 Å². The number of amides is 1. The first-order chi connectivity index (χ1) is 13.4. The van der Waals surface area contributed by atoms with Crippen LogP contribution in [0.5, 0.6) is 0 Å². The molecule has 154 valence electrons. The molecule has 0 radical (unpaired) electrons. The second-order valence-electron chi connectivity index (χ2n) is 6.97. The number of sulfonamides is 1. The summed E-state index contributed by atoms with van der Waals surface area (Å²) in [5.74, 6) is -0.375. The average Bonchev–Trinajstić information content (AvgIpc) is 2.68. The topological polar surface area (TPSA) is 98.7 Å². The molecule has 7 nitrogen and oxygen atoms in total. The Hall–Kier alpha value is -2.16. The van der Waals surface area contributed by atoms with Crippen LogP contribution in [0, 0.1) is 0 Å². The minimum atomic E-state index is -3.59. The third-order valence-corrected chi connectivity index (χ3v) is 6.15. The number of fused-ring (bicyclic) bond motifs is 1. The Balaban J connectivity index is 1.91. The molecule has 0 aromatic heterocycles. The zero-order chi connectivity index (χ0) is 20.6. The highest BCUT2D eigenvalue weighted by atomic mass is 32.2. The van der Waals surface area contributed by atoms with Crippen LogP contribution in [0.4, 0.5) is 5.69 Å². The molecule has 0 fully saturated rings. The molecule has 0 bridgehead atoms.